The first kappa shape index (κ1) is 12.9. The predicted molar refractivity (Wildman–Crippen MR) is 51.9 cm³/mol. The highest BCUT2D eigenvalue weighted by atomic mass is 16.7. The van der Waals surface area contributed by atoms with Crippen LogP contribution in [0.2, 0.25) is 0 Å². The fourth-order valence-corrected chi connectivity index (χ4v) is 2.14. The van der Waals surface area contributed by atoms with Crippen LogP contribution < -0.4 is 0 Å². The minimum atomic E-state index is -2.56. The normalized spacial score (nSPS) is 15.9. The molecule has 3 heteroatoms. The van der Waals surface area contributed by atoms with Gasteiger partial charge in [0.25, 0.3) is 5.97 Å². The zero-order valence-electron chi connectivity index (χ0n) is 9.04. The molecule has 0 aliphatic carbocycles. The zero-order valence-corrected chi connectivity index (χ0v) is 9.04. The van der Waals surface area contributed by atoms with E-state index in [4.69, 9.17) is 0 Å². The lowest BCUT2D eigenvalue weighted by Gasteiger charge is -2.43. The molecular weight excluding hydrogens is 168 g/mol. The molecule has 3 N–H and O–H groups in total. The average Bonchev–Trinajstić information content (AvgIpc) is 2.04. The maximum atomic E-state index is 9.34. The van der Waals surface area contributed by atoms with Crippen molar-refractivity contribution in [1.82, 2.24) is 0 Å². The van der Waals surface area contributed by atoms with E-state index >= 15 is 0 Å². The van der Waals surface area contributed by atoms with Crippen LogP contribution in [-0.4, -0.2) is 21.3 Å². The minimum absolute atomic E-state index is 0.0856. The summed E-state index contributed by atoms with van der Waals surface area (Å²) in [5, 5.41) is 28.0. The van der Waals surface area contributed by atoms with Crippen molar-refractivity contribution in [3.63, 3.8) is 0 Å². The van der Waals surface area contributed by atoms with Gasteiger partial charge in [-0.2, -0.15) is 0 Å². The second kappa shape index (κ2) is 4.40. The van der Waals surface area contributed by atoms with Crippen molar-refractivity contribution in [3.05, 3.63) is 0 Å². The van der Waals surface area contributed by atoms with Crippen LogP contribution in [-0.2, 0) is 0 Å². The van der Waals surface area contributed by atoms with Gasteiger partial charge in [0.05, 0.1) is 5.41 Å². The van der Waals surface area contributed by atoms with E-state index in [-0.39, 0.29) is 5.92 Å². The van der Waals surface area contributed by atoms with Crippen molar-refractivity contribution in [2.24, 2.45) is 11.3 Å². The van der Waals surface area contributed by atoms with Gasteiger partial charge in [-0.1, -0.05) is 34.1 Å². The molecular formula is C10H22O3. The van der Waals surface area contributed by atoms with Gasteiger partial charge in [0.15, 0.2) is 0 Å². The van der Waals surface area contributed by atoms with Crippen molar-refractivity contribution in [1.29, 1.82) is 0 Å². The van der Waals surface area contributed by atoms with Gasteiger partial charge in [-0.15, -0.1) is 0 Å². The molecule has 0 radical (unpaired) electrons. The van der Waals surface area contributed by atoms with E-state index in [0.29, 0.717) is 12.8 Å². The summed E-state index contributed by atoms with van der Waals surface area (Å²) in [6, 6.07) is 0. The molecule has 3 nitrogen and oxygen atoms in total. The third-order valence-electron chi connectivity index (χ3n) is 3.49. The Hall–Kier alpha value is -0.120. The summed E-state index contributed by atoms with van der Waals surface area (Å²) in [5.74, 6) is -2.48. The molecule has 0 aromatic rings. The molecule has 0 heterocycles. The minimum Gasteiger partial charge on any atom is -0.343 e. The number of rotatable bonds is 5. The summed E-state index contributed by atoms with van der Waals surface area (Å²) in [7, 11) is 0. The molecule has 0 fully saturated rings. The molecule has 1 unspecified atom stereocenters. The van der Waals surface area contributed by atoms with Crippen molar-refractivity contribution >= 4 is 0 Å². The number of hydrogen-bond donors (Lipinski definition) is 3. The Morgan fingerprint density at radius 3 is 1.46 bits per heavy atom. The van der Waals surface area contributed by atoms with Crippen molar-refractivity contribution < 1.29 is 15.3 Å². The Labute approximate surface area is 80.4 Å². The van der Waals surface area contributed by atoms with E-state index in [9.17, 15) is 15.3 Å². The topological polar surface area (TPSA) is 60.7 Å². The van der Waals surface area contributed by atoms with E-state index in [1.54, 1.807) is 0 Å². The lowest BCUT2D eigenvalue weighted by molar-refractivity contribution is -0.386. The fraction of sp³-hybridized carbons (Fsp3) is 1.00. The monoisotopic (exact) mass is 190 g/mol. The Morgan fingerprint density at radius 1 is 1.00 bits per heavy atom. The average molecular weight is 190 g/mol. The summed E-state index contributed by atoms with van der Waals surface area (Å²) >= 11 is 0. The quantitative estimate of drug-likeness (QED) is 0.575. The van der Waals surface area contributed by atoms with Crippen LogP contribution in [0, 0.1) is 11.3 Å². The molecule has 0 aliphatic rings. The lowest BCUT2D eigenvalue weighted by atomic mass is 9.69. The molecule has 0 saturated carbocycles. The van der Waals surface area contributed by atoms with Gasteiger partial charge in [0.1, 0.15) is 0 Å². The highest BCUT2D eigenvalue weighted by Gasteiger charge is 2.49. The molecule has 0 bridgehead atoms. The third-order valence-corrected chi connectivity index (χ3v) is 3.49. The molecule has 13 heavy (non-hydrogen) atoms. The Morgan fingerprint density at radius 2 is 1.38 bits per heavy atom. The standard InChI is InChI=1S/C10H22O3/c1-5-8(4)9(6-2,7-3)10(11,12)13/h8,11-13H,5-7H2,1-4H3. The molecule has 0 aliphatic heterocycles. The molecule has 0 aromatic heterocycles. The Bertz CT molecular complexity index is 145. The second-order valence-electron chi connectivity index (χ2n) is 3.81. The van der Waals surface area contributed by atoms with Gasteiger partial charge in [-0.3, -0.25) is 0 Å². The van der Waals surface area contributed by atoms with Crippen molar-refractivity contribution in [2.75, 3.05) is 0 Å². The van der Waals surface area contributed by atoms with Gasteiger partial charge in [0.2, 0.25) is 0 Å². The van der Waals surface area contributed by atoms with Crippen molar-refractivity contribution in [3.8, 4) is 0 Å². The molecule has 0 spiro atoms. The van der Waals surface area contributed by atoms with Crippen LogP contribution in [0.15, 0.2) is 0 Å². The summed E-state index contributed by atoms with van der Waals surface area (Å²) in [5.41, 5.74) is -0.804. The first-order valence-corrected chi connectivity index (χ1v) is 5.02. The van der Waals surface area contributed by atoms with E-state index in [1.807, 2.05) is 27.7 Å². The lowest BCUT2D eigenvalue weighted by Crippen LogP contribution is -2.51. The van der Waals surface area contributed by atoms with Crippen LogP contribution in [0.4, 0.5) is 0 Å². The van der Waals surface area contributed by atoms with Gasteiger partial charge < -0.3 is 15.3 Å². The molecule has 0 rings (SSSR count). The van der Waals surface area contributed by atoms with E-state index in [2.05, 4.69) is 0 Å². The summed E-state index contributed by atoms with van der Waals surface area (Å²) in [6.45, 7) is 7.65. The van der Waals surface area contributed by atoms with Crippen molar-refractivity contribution in [2.45, 2.75) is 52.9 Å². The Kier molecular flexibility index (Phi) is 4.36. The third kappa shape index (κ3) is 2.22. The molecule has 0 aromatic carbocycles. The van der Waals surface area contributed by atoms with E-state index < -0.39 is 11.4 Å². The zero-order chi connectivity index (χ0) is 10.7. The van der Waals surface area contributed by atoms with Crippen LogP contribution in [0.3, 0.4) is 0 Å². The van der Waals surface area contributed by atoms with Gasteiger partial charge in [0, 0.05) is 0 Å². The number of aliphatic hydroxyl groups is 3. The Balaban J connectivity index is 4.91. The second-order valence-corrected chi connectivity index (χ2v) is 3.81. The molecule has 1 atom stereocenters. The van der Waals surface area contributed by atoms with Crippen LogP contribution in [0.25, 0.3) is 0 Å². The maximum absolute atomic E-state index is 9.34. The SMILES string of the molecule is CCC(C)C(CC)(CC)C(O)(O)O. The van der Waals surface area contributed by atoms with E-state index in [1.165, 1.54) is 0 Å². The largest absolute Gasteiger partial charge is 0.343 e. The highest BCUT2D eigenvalue weighted by Crippen LogP contribution is 2.43. The number of hydrogen-bond acceptors (Lipinski definition) is 3. The van der Waals surface area contributed by atoms with Crippen LogP contribution in [0.1, 0.15) is 47.0 Å². The van der Waals surface area contributed by atoms with Gasteiger partial charge in [-0.25, -0.2) is 0 Å². The summed E-state index contributed by atoms with van der Waals surface area (Å²) < 4.78 is 0. The van der Waals surface area contributed by atoms with Crippen LogP contribution in [0.5, 0.6) is 0 Å². The first-order chi connectivity index (χ1) is 5.85. The first-order valence-electron chi connectivity index (χ1n) is 5.02. The summed E-state index contributed by atoms with van der Waals surface area (Å²) in [6.07, 6.45) is 1.94. The van der Waals surface area contributed by atoms with E-state index in [0.717, 1.165) is 6.42 Å². The van der Waals surface area contributed by atoms with Gasteiger partial charge >= 0.3 is 0 Å². The predicted octanol–water partition coefficient (Wildman–Crippen LogP) is 1.47. The van der Waals surface area contributed by atoms with Gasteiger partial charge in [-0.05, 0) is 18.8 Å². The highest BCUT2D eigenvalue weighted by molar-refractivity contribution is 4.87. The fourth-order valence-electron chi connectivity index (χ4n) is 2.14. The summed E-state index contributed by atoms with van der Waals surface area (Å²) in [4.78, 5) is 0. The molecule has 80 valence electrons. The molecule has 0 saturated heterocycles. The maximum Gasteiger partial charge on any atom is 0.281 e. The molecule has 0 amide bonds. The smallest absolute Gasteiger partial charge is 0.281 e. The van der Waals surface area contributed by atoms with Crippen LogP contribution >= 0.6 is 0 Å².